The van der Waals surface area contributed by atoms with Crippen molar-refractivity contribution < 1.29 is 0 Å². The highest BCUT2D eigenvalue weighted by Gasteiger charge is 1.90. The van der Waals surface area contributed by atoms with Gasteiger partial charge in [0.15, 0.2) is 0 Å². The van der Waals surface area contributed by atoms with Crippen LogP contribution < -0.4 is 0 Å². The van der Waals surface area contributed by atoms with Crippen molar-refractivity contribution in [3.63, 3.8) is 0 Å². The number of allylic oxidation sites excluding steroid dienone is 1. The van der Waals surface area contributed by atoms with E-state index >= 15 is 0 Å². The first-order valence-corrected chi connectivity index (χ1v) is 6.78. The van der Waals surface area contributed by atoms with E-state index in [-0.39, 0.29) is 0 Å². The summed E-state index contributed by atoms with van der Waals surface area (Å²) in [5.41, 5.74) is 0. The van der Waals surface area contributed by atoms with Crippen LogP contribution in [0.25, 0.3) is 0 Å². The van der Waals surface area contributed by atoms with Crippen LogP contribution in [-0.4, -0.2) is 17.8 Å². The van der Waals surface area contributed by atoms with Gasteiger partial charge in [-0.2, -0.15) is 0 Å². The van der Waals surface area contributed by atoms with Crippen LogP contribution in [0.1, 0.15) is 27.7 Å². The molecule has 0 bridgehead atoms. The summed E-state index contributed by atoms with van der Waals surface area (Å²) < 4.78 is 0. The molecule has 0 spiro atoms. The lowest BCUT2D eigenvalue weighted by atomic mass is 10.5. The maximum absolute atomic E-state index is 4.28. The van der Waals surface area contributed by atoms with Crippen molar-refractivity contribution in [3.05, 3.63) is 12.2 Å². The number of hydrogen-bond donors (Lipinski definition) is 0. The Balaban J connectivity index is 0. The number of rotatable bonds is 3. The van der Waals surface area contributed by atoms with Crippen LogP contribution in [0.5, 0.6) is 0 Å². The lowest BCUT2D eigenvalue weighted by Gasteiger charge is -1.94. The Labute approximate surface area is 84.5 Å². The van der Waals surface area contributed by atoms with Crippen molar-refractivity contribution >= 4 is 26.6 Å². The van der Waals surface area contributed by atoms with Gasteiger partial charge >= 0.3 is 0 Å². The smallest absolute Gasteiger partial charge is 0.101 e. The molecule has 0 N–H and O–H groups in total. The van der Waals surface area contributed by atoms with E-state index in [9.17, 15) is 0 Å². The molecule has 0 aliphatic rings. The van der Waals surface area contributed by atoms with Crippen molar-refractivity contribution in [2.45, 2.75) is 27.7 Å². The fourth-order valence-electron chi connectivity index (χ4n) is 0.491. The molecule has 0 rings (SSSR count). The average Bonchev–Trinajstić information content (AvgIpc) is 2.10. The third-order valence-electron chi connectivity index (χ3n) is 0.792. The second-order valence-corrected chi connectivity index (χ2v) is 3.98. The Morgan fingerprint density at radius 3 is 2.33 bits per heavy atom. The maximum Gasteiger partial charge on any atom is 0.101 e. The highest BCUT2D eigenvalue weighted by Crippen LogP contribution is 2.19. The summed E-state index contributed by atoms with van der Waals surface area (Å²) in [6, 6.07) is 0. The molecule has 0 radical (unpaired) electrons. The number of aliphatic imine (C=N–C) groups is 1. The van der Waals surface area contributed by atoms with Gasteiger partial charge in [-0.05, 0) is 37.0 Å². The molecule has 0 aromatic rings. The molecule has 0 atom stereocenters. The normalized spacial score (nSPS) is 11.2. The Bertz CT molecular complexity index is 130. The van der Waals surface area contributed by atoms with Crippen LogP contribution in [0, 0.1) is 0 Å². The first kappa shape index (κ1) is 14.6. The zero-order chi connectivity index (χ0) is 9.82. The van der Waals surface area contributed by atoms with Gasteiger partial charge in [0.2, 0.25) is 0 Å². The van der Waals surface area contributed by atoms with Gasteiger partial charge in [-0.1, -0.05) is 30.7 Å². The Morgan fingerprint density at radius 2 is 2.00 bits per heavy atom. The van der Waals surface area contributed by atoms with Gasteiger partial charge in [0.05, 0.1) is 0 Å². The molecule has 0 aliphatic carbocycles. The highest BCUT2D eigenvalue weighted by atomic mass is 33.1. The molecular formula is C9H19NS2. The maximum atomic E-state index is 4.28. The average molecular weight is 205 g/mol. The van der Waals surface area contributed by atoms with Gasteiger partial charge in [0.25, 0.3) is 0 Å². The first-order valence-electron chi connectivity index (χ1n) is 4.23. The monoisotopic (exact) mass is 205 g/mol. The van der Waals surface area contributed by atoms with Crippen molar-refractivity contribution in [1.82, 2.24) is 0 Å². The van der Waals surface area contributed by atoms with Gasteiger partial charge in [-0.3, -0.25) is 4.99 Å². The molecule has 12 heavy (non-hydrogen) atoms. The molecule has 0 fully saturated rings. The van der Waals surface area contributed by atoms with E-state index in [1.807, 2.05) is 39.8 Å². The standard InChI is InChI=1S/C7H13NS2.C2H6/c1-4-6-7(8-5-2)10-9-3;1-2/h4,6H,5H2,1-3H3;1-2H3/b6-4-,8-7?;. The molecule has 3 heteroatoms. The summed E-state index contributed by atoms with van der Waals surface area (Å²) in [5, 5.41) is 1.11. The van der Waals surface area contributed by atoms with Gasteiger partial charge in [0.1, 0.15) is 5.04 Å². The van der Waals surface area contributed by atoms with Crippen LogP contribution >= 0.6 is 21.6 Å². The van der Waals surface area contributed by atoms with E-state index in [4.69, 9.17) is 0 Å². The van der Waals surface area contributed by atoms with Crippen LogP contribution in [0.3, 0.4) is 0 Å². The summed E-state index contributed by atoms with van der Waals surface area (Å²) in [6.45, 7) is 8.92. The molecule has 0 unspecified atom stereocenters. The lowest BCUT2D eigenvalue weighted by molar-refractivity contribution is 1.14. The summed E-state index contributed by atoms with van der Waals surface area (Å²) >= 11 is 0. The second-order valence-electron chi connectivity index (χ2n) is 1.56. The van der Waals surface area contributed by atoms with Crippen LogP contribution in [0.2, 0.25) is 0 Å². The fourth-order valence-corrected chi connectivity index (χ4v) is 1.87. The topological polar surface area (TPSA) is 12.4 Å². The fraction of sp³-hybridized carbons (Fsp3) is 0.667. The van der Waals surface area contributed by atoms with Crippen molar-refractivity contribution in [2.24, 2.45) is 4.99 Å². The highest BCUT2D eigenvalue weighted by molar-refractivity contribution is 8.82. The minimum Gasteiger partial charge on any atom is -0.278 e. The Morgan fingerprint density at radius 1 is 1.42 bits per heavy atom. The largest absolute Gasteiger partial charge is 0.278 e. The SMILES string of the molecule is C/C=C\C(=NCC)SSC.CC. The van der Waals surface area contributed by atoms with Gasteiger partial charge in [-0.15, -0.1) is 0 Å². The Kier molecular flexibility index (Phi) is 16.7. The van der Waals surface area contributed by atoms with Gasteiger partial charge < -0.3 is 0 Å². The molecule has 0 heterocycles. The summed E-state index contributed by atoms with van der Waals surface area (Å²) in [6.07, 6.45) is 6.10. The van der Waals surface area contributed by atoms with Crippen molar-refractivity contribution in [1.29, 1.82) is 0 Å². The third kappa shape index (κ3) is 10.1. The lowest BCUT2D eigenvalue weighted by Crippen LogP contribution is -1.84. The van der Waals surface area contributed by atoms with Crippen LogP contribution in [-0.2, 0) is 0 Å². The van der Waals surface area contributed by atoms with Gasteiger partial charge in [0, 0.05) is 6.54 Å². The molecule has 72 valence electrons. The minimum absolute atomic E-state index is 0.868. The molecule has 0 amide bonds. The van der Waals surface area contributed by atoms with E-state index in [0.717, 1.165) is 11.6 Å². The summed E-state index contributed by atoms with van der Waals surface area (Å²) in [5.74, 6) is 0. The van der Waals surface area contributed by atoms with E-state index < -0.39 is 0 Å². The molecule has 1 nitrogen and oxygen atoms in total. The zero-order valence-electron chi connectivity index (χ0n) is 8.63. The molecule has 0 saturated carbocycles. The van der Waals surface area contributed by atoms with E-state index in [0.29, 0.717) is 0 Å². The Hall–Kier alpha value is 0.110. The third-order valence-corrected chi connectivity index (χ3v) is 2.41. The van der Waals surface area contributed by atoms with Crippen molar-refractivity contribution in [2.75, 3.05) is 12.8 Å². The predicted octanol–water partition coefficient (Wildman–Crippen LogP) is 4.02. The molecular weight excluding hydrogens is 186 g/mol. The number of nitrogens with zero attached hydrogens (tertiary/aromatic N) is 1. The summed E-state index contributed by atoms with van der Waals surface area (Å²) in [7, 11) is 3.43. The number of hydrogen-bond acceptors (Lipinski definition) is 3. The molecule has 0 saturated heterocycles. The molecule has 0 aromatic carbocycles. The second kappa shape index (κ2) is 13.7. The van der Waals surface area contributed by atoms with E-state index in [2.05, 4.69) is 11.2 Å². The molecule has 0 aliphatic heterocycles. The summed E-state index contributed by atoms with van der Waals surface area (Å²) in [4.78, 5) is 4.28. The predicted molar refractivity (Wildman–Crippen MR) is 65.2 cm³/mol. The molecule has 0 aromatic heterocycles. The zero-order valence-corrected chi connectivity index (χ0v) is 10.3. The van der Waals surface area contributed by atoms with Crippen LogP contribution in [0.4, 0.5) is 0 Å². The van der Waals surface area contributed by atoms with Gasteiger partial charge in [-0.25, -0.2) is 0 Å². The van der Waals surface area contributed by atoms with Crippen molar-refractivity contribution in [3.8, 4) is 0 Å². The minimum atomic E-state index is 0.868. The van der Waals surface area contributed by atoms with E-state index in [1.165, 1.54) is 0 Å². The first-order chi connectivity index (χ1) is 5.85. The van der Waals surface area contributed by atoms with E-state index in [1.54, 1.807) is 21.6 Å². The van der Waals surface area contributed by atoms with Crippen LogP contribution in [0.15, 0.2) is 17.1 Å². The quantitative estimate of drug-likeness (QED) is 0.392.